The second kappa shape index (κ2) is 4.56. The van der Waals surface area contributed by atoms with Crippen LogP contribution in [0.1, 0.15) is 5.69 Å². The van der Waals surface area contributed by atoms with Crippen molar-refractivity contribution in [1.82, 2.24) is 9.78 Å². The van der Waals surface area contributed by atoms with Crippen molar-refractivity contribution in [3.8, 4) is 5.69 Å². The third kappa shape index (κ3) is 2.19. The fourth-order valence-corrected chi connectivity index (χ4v) is 2.21. The van der Waals surface area contributed by atoms with E-state index in [0.717, 1.165) is 16.7 Å². The van der Waals surface area contributed by atoms with Crippen LogP contribution in [-0.2, 0) is 5.33 Å². The normalized spacial score (nSPS) is 10.6. The van der Waals surface area contributed by atoms with E-state index in [4.69, 9.17) is 23.2 Å². The fourth-order valence-electron chi connectivity index (χ4n) is 1.30. The summed E-state index contributed by atoms with van der Waals surface area (Å²) in [6.07, 6.45) is 1.74. The lowest BCUT2D eigenvalue weighted by atomic mass is 10.3. The van der Waals surface area contributed by atoms with Crippen LogP contribution in [0.3, 0.4) is 0 Å². The highest BCUT2D eigenvalue weighted by Crippen LogP contribution is 2.25. The van der Waals surface area contributed by atoms with Gasteiger partial charge in [-0.1, -0.05) is 39.1 Å². The molecule has 0 fully saturated rings. The molecule has 1 aromatic heterocycles. The molecule has 0 saturated heterocycles. The smallest absolute Gasteiger partial charge is 0.0836 e. The van der Waals surface area contributed by atoms with E-state index in [9.17, 15) is 0 Å². The zero-order valence-electron chi connectivity index (χ0n) is 7.62. The van der Waals surface area contributed by atoms with E-state index in [2.05, 4.69) is 21.0 Å². The summed E-state index contributed by atoms with van der Waals surface area (Å²) in [6, 6.07) is 7.28. The van der Waals surface area contributed by atoms with Gasteiger partial charge in [0.2, 0.25) is 0 Å². The molecule has 15 heavy (non-hydrogen) atoms. The van der Waals surface area contributed by atoms with Crippen molar-refractivity contribution in [3.05, 3.63) is 46.2 Å². The number of hydrogen-bond donors (Lipinski definition) is 0. The molecule has 0 N–H and O–H groups in total. The number of halogens is 3. The van der Waals surface area contributed by atoms with Crippen molar-refractivity contribution in [3.63, 3.8) is 0 Å². The van der Waals surface area contributed by atoms with Crippen LogP contribution in [-0.4, -0.2) is 9.78 Å². The van der Waals surface area contributed by atoms with Gasteiger partial charge in [0.1, 0.15) is 0 Å². The molecule has 0 unspecified atom stereocenters. The van der Waals surface area contributed by atoms with Crippen LogP contribution in [0.4, 0.5) is 0 Å². The van der Waals surface area contributed by atoms with E-state index < -0.39 is 0 Å². The predicted molar refractivity (Wildman–Crippen MR) is 66.2 cm³/mol. The molecule has 0 radical (unpaired) electrons. The number of benzene rings is 1. The summed E-state index contributed by atoms with van der Waals surface area (Å²) in [4.78, 5) is 0. The molecule has 0 saturated carbocycles. The molecule has 1 aromatic carbocycles. The zero-order chi connectivity index (χ0) is 10.8. The third-order valence-electron chi connectivity index (χ3n) is 2.00. The zero-order valence-corrected chi connectivity index (χ0v) is 10.7. The van der Waals surface area contributed by atoms with Crippen LogP contribution in [0.5, 0.6) is 0 Å². The van der Waals surface area contributed by atoms with Crippen LogP contribution in [0.2, 0.25) is 10.0 Å². The highest BCUT2D eigenvalue weighted by molar-refractivity contribution is 9.08. The molecule has 78 valence electrons. The van der Waals surface area contributed by atoms with Gasteiger partial charge in [-0.2, -0.15) is 5.10 Å². The Balaban J connectivity index is 2.54. The van der Waals surface area contributed by atoms with Crippen molar-refractivity contribution >= 4 is 39.1 Å². The van der Waals surface area contributed by atoms with Gasteiger partial charge in [-0.3, -0.25) is 0 Å². The first kappa shape index (κ1) is 11.0. The Morgan fingerprint density at radius 1 is 1.27 bits per heavy atom. The summed E-state index contributed by atoms with van der Waals surface area (Å²) in [6.45, 7) is 0. The van der Waals surface area contributed by atoms with E-state index in [1.807, 2.05) is 12.1 Å². The van der Waals surface area contributed by atoms with Crippen molar-refractivity contribution < 1.29 is 0 Å². The first-order valence-corrected chi connectivity index (χ1v) is 6.14. The second-order valence-corrected chi connectivity index (χ2v) is 4.37. The minimum absolute atomic E-state index is 0.591. The maximum atomic E-state index is 6.09. The molecule has 0 atom stereocenters. The monoisotopic (exact) mass is 304 g/mol. The summed E-state index contributed by atoms with van der Waals surface area (Å²) in [5.74, 6) is 0. The lowest BCUT2D eigenvalue weighted by Crippen LogP contribution is -2.00. The molecular weight excluding hydrogens is 299 g/mol. The maximum Gasteiger partial charge on any atom is 0.0836 e. The van der Waals surface area contributed by atoms with Gasteiger partial charge in [0, 0.05) is 16.5 Å². The molecule has 0 aliphatic heterocycles. The molecule has 0 bridgehead atoms. The van der Waals surface area contributed by atoms with Gasteiger partial charge < -0.3 is 0 Å². The van der Waals surface area contributed by atoms with E-state index in [-0.39, 0.29) is 0 Å². The Morgan fingerprint density at radius 2 is 2.07 bits per heavy atom. The van der Waals surface area contributed by atoms with Gasteiger partial charge >= 0.3 is 0 Å². The Hall–Kier alpha value is -0.510. The lowest BCUT2D eigenvalue weighted by molar-refractivity contribution is 0.844. The number of hydrogen-bond acceptors (Lipinski definition) is 1. The summed E-state index contributed by atoms with van der Waals surface area (Å²) in [5.41, 5.74) is 1.87. The Kier molecular flexibility index (Phi) is 3.34. The van der Waals surface area contributed by atoms with E-state index in [0.29, 0.717) is 10.0 Å². The van der Waals surface area contributed by atoms with E-state index in [1.54, 1.807) is 23.0 Å². The molecule has 2 nitrogen and oxygen atoms in total. The van der Waals surface area contributed by atoms with Gasteiger partial charge in [0.25, 0.3) is 0 Å². The van der Waals surface area contributed by atoms with Crippen LogP contribution in [0.25, 0.3) is 5.69 Å². The van der Waals surface area contributed by atoms with Crippen LogP contribution >= 0.6 is 39.1 Å². The first-order chi connectivity index (χ1) is 7.22. The first-order valence-electron chi connectivity index (χ1n) is 4.26. The highest BCUT2D eigenvalue weighted by Gasteiger charge is 2.07. The van der Waals surface area contributed by atoms with Gasteiger partial charge in [0.05, 0.1) is 16.4 Å². The number of aromatic nitrogens is 2. The topological polar surface area (TPSA) is 17.8 Å². The molecule has 1 heterocycles. The highest BCUT2D eigenvalue weighted by atomic mass is 79.9. The van der Waals surface area contributed by atoms with Crippen LogP contribution < -0.4 is 0 Å². The van der Waals surface area contributed by atoms with Gasteiger partial charge in [0.15, 0.2) is 0 Å². The molecule has 0 spiro atoms. The van der Waals surface area contributed by atoms with Crippen LogP contribution in [0.15, 0.2) is 30.5 Å². The summed E-state index contributed by atoms with van der Waals surface area (Å²) < 4.78 is 1.79. The van der Waals surface area contributed by atoms with Crippen molar-refractivity contribution in [1.29, 1.82) is 0 Å². The summed E-state index contributed by atoms with van der Waals surface area (Å²) >= 11 is 15.3. The Labute approximate surface area is 106 Å². The summed E-state index contributed by atoms with van der Waals surface area (Å²) in [7, 11) is 0. The van der Waals surface area contributed by atoms with Gasteiger partial charge in [-0.15, -0.1) is 0 Å². The Bertz CT molecular complexity index is 482. The molecule has 0 aliphatic carbocycles. The minimum atomic E-state index is 0.591. The SMILES string of the molecule is Clc1ccc(-n2nccc2CBr)c(Cl)c1. The molecular formula is C10H7BrCl2N2. The predicted octanol–water partition coefficient (Wildman–Crippen LogP) is 4.07. The average Bonchev–Trinajstić information content (AvgIpc) is 2.65. The lowest BCUT2D eigenvalue weighted by Gasteiger charge is -2.07. The Morgan fingerprint density at radius 3 is 2.73 bits per heavy atom. The van der Waals surface area contributed by atoms with Crippen LogP contribution in [0, 0.1) is 0 Å². The quantitative estimate of drug-likeness (QED) is 0.765. The van der Waals surface area contributed by atoms with Crippen molar-refractivity contribution in [2.24, 2.45) is 0 Å². The third-order valence-corrected chi connectivity index (χ3v) is 3.11. The fraction of sp³-hybridized carbons (Fsp3) is 0.100. The maximum absolute atomic E-state index is 6.09. The van der Waals surface area contributed by atoms with E-state index >= 15 is 0 Å². The number of rotatable bonds is 2. The number of alkyl halides is 1. The summed E-state index contributed by atoms with van der Waals surface area (Å²) in [5, 5.41) is 6.15. The molecule has 2 rings (SSSR count). The van der Waals surface area contributed by atoms with Crippen molar-refractivity contribution in [2.45, 2.75) is 5.33 Å². The molecule has 0 amide bonds. The minimum Gasteiger partial charge on any atom is -0.235 e. The number of nitrogens with zero attached hydrogens (tertiary/aromatic N) is 2. The standard InChI is InChI=1S/C10H7BrCl2N2/c11-6-8-3-4-14-15(8)10-2-1-7(12)5-9(10)13/h1-5H,6H2. The van der Waals surface area contributed by atoms with Gasteiger partial charge in [-0.25, -0.2) is 4.68 Å². The van der Waals surface area contributed by atoms with Gasteiger partial charge in [-0.05, 0) is 24.3 Å². The molecule has 5 heteroatoms. The largest absolute Gasteiger partial charge is 0.235 e. The molecule has 2 aromatic rings. The average molecular weight is 306 g/mol. The molecule has 0 aliphatic rings. The van der Waals surface area contributed by atoms with E-state index in [1.165, 1.54) is 0 Å². The second-order valence-electron chi connectivity index (χ2n) is 2.96. The van der Waals surface area contributed by atoms with Crippen molar-refractivity contribution in [2.75, 3.05) is 0 Å².